The molecule has 3 N–H and O–H groups in total. The summed E-state index contributed by atoms with van der Waals surface area (Å²) in [6.07, 6.45) is 0. The standard InChI is InChI=1S/C14H12ClN3O/c1-19-14-7-10(3-4-11(14)15)18-13-6-9(8-16)2-5-12(13)17/h2-7,18H,17H2,1H3. The first kappa shape index (κ1) is 13.1. The van der Waals surface area contributed by atoms with Crippen LogP contribution in [-0.2, 0) is 0 Å². The van der Waals surface area contributed by atoms with Gasteiger partial charge < -0.3 is 15.8 Å². The Hall–Kier alpha value is -2.38. The lowest BCUT2D eigenvalue weighted by Gasteiger charge is -2.11. The molecule has 0 heterocycles. The molecule has 0 amide bonds. The fourth-order valence-electron chi connectivity index (χ4n) is 1.63. The van der Waals surface area contributed by atoms with Gasteiger partial charge in [-0.15, -0.1) is 0 Å². The number of nitrogens with two attached hydrogens (primary N) is 1. The second kappa shape index (κ2) is 5.51. The molecule has 0 aromatic heterocycles. The molecule has 0 aliphatic heterocycles. The van der Waals surface area contributed by atoms with E-state index < -0.39 is 0 Å². The molecule has 0 radical (unpaired) electrons. The summed E-state index contributed by atoms with van der Waals surface area (Å²) >= 11 is 5.96. The molecule has 0 unspecified atom stereocenters. The van der Waals surface area contributed by atoms with E-state index in [1.54, 1.807) is 37.4 Å². The van der Waals surface area contributed by atoms with Crippen molar-refractivity contribution in [2.75, 3.05) is 18.2 Å². The SMILES string of the molecule is COc1cc(Nc2cc(C#N)ccc2N)ccc1Cl. The third-order valence-electron chi connectivity index (χ3n) is 2.61. The minimum atomic E-state index is 0.534. The van der Waals surface area contributed by atoms with Crippen molar-refractivity contribution in [2.45, 2.75) is 0 Å². The largest absolute Gasteiger partial charge is 0.495 e. The summed E-state index contributed by atoms with van der Waals surface area (Å²) in [4.78, 5) is 0. The van der Waals surface area contributed by atoms with Gasteiger partial charge in [0.25, 0.3) is 0 Å². The average Bonchev–Trinajstić information content (AvgIpc) is 2.43. The van der Waals surface area contributed by atoms with Crippen LogP contribution in [0.3, 0.4) is 0 Å². The number of nitrogen functional groups attached to an aromatic ring is 1. The molecule has 2 rings (SSSR count). The lowest BCUT2D eigenvalue weighted by Crippen LogP contribution is -1.97. The first-order chi connectivity index (χ1) is 9.13. The number of nitriles is 1. The van der Waals surface area contributed by atoms with E-state index in [1.807, 2.05) is 6.07 Å². The summed E-state index contributed by atoms with van der Waals surface area (Å²) in [5.74, 6) is 0.571. The highest BCUT2D eigenvalue weighted by atomic mass is 35.5. The van der Waals surface area contributed by atoms with Crippen LogP contribution in [0.1, 0.15) is 5.56 Å². The van der Waals surface area contributed by atoms with Gasteiger partial charge in [-0.1, -0.05) is 11.6 Å². The Labute approximate surface area is 116 Å². The van der Waals surface area contributed by atoms with E-state index in [0.29, 0.717) is 27.7 Å². The molecule has 0 aliphatic rings. The van der Waals surface area contributed by atoms with E-state index >= 15 is 0 Å². The molecule has 0 saturated carbocycles. The maximum absolute atomic E-state index is 8.88. The molecule has 19 heavy (non-hydrogen) atoms. The maximum Gasteiger partial charge on any atom is 0.139 e. The Morgan fingerprint density at radius 1 is 1.26 bits per heavy atom. The molecular formula is C14H12ClN3O. The van der Waals surface area contributed by atoms with Crippen molar-refractivity contribution in [3.63, 3.8) is 0 Å². The lowest BCUT2D eigenvalue weighted by atomic mass is 10.2. The highest BCUT2D eigenvalue weighted by Crippen LogP contribution is 2.30. The highest BCUT2D eigenvalue weighted by Gasteiger charge is 2.05. The zero-order chi connectivity index (χ0) is 13.8. The molecule has 2 aromatic carbocycles. The van der Waals surface area contributed by atoms with Gasteiger partial charge in [0.2, 0.25) is 0 Å². The fourth-order valence-corrected chi connectivity index (χ4v) is 1.82. The summed E-state index contributed by atoms with van der Waals surface area (Å²) in [5.41, 5.74) is 8.42. The third-order valence-corrected chi connectivity index (χ3v) is 2.92. The maximum atomic E-state index is 8.88. The topological polar surface area (TPSA) is 71.1 Å². The molecule has 0 aliphatic carbocycles. The van der Waals surface area contributed by atoms with Crippen molar-refractivity contribution >= 4 is 28.7 Å². The van der Waals surface area contributed by atoms with Crippen LogP contribution in [0.2, 0.25) is 5.02 Å². The number of anilines is 3. The zero-order valence-corrected chi connectivity index (χ0v) is 11.0. The van der Waals surface area contributed by atoms with Gasteiger partial charge in [0, 0.05) is 11.8 Å². The van der Waals surface area contributed by atoms with Crippen LogP contribution < -0.4 is 15.8 Å². The van der Waals surface area contributed by atoms with Crippen LogP contribution in [-0.4, -0.2) is 7.11 Å². The summed E-state index contributed by atoms with van der Waals surface area (Å²) < 4.78 is 5.14. The Bertz CT molecular complexity index is 650. The van der Waals surface area contributed by atoms with Crippen LogP contribution in [0.15, 0.2) is 36.4 Å². The minimum absolute atomic E-state index is 0.534. The number of nitrogens with one attached hydrogen (secondary N) is 1. The van der Waals surface area contributed by atoms with E-state index in [-0.39, 0.29) is 0 Å². The van der Waals surface area contributed by atoms with Crippen LogP contribution in [0.25, 0.3) is 0 Å². The Balaban J connectivity index is 2.33. The third kappa shape index (κ3) is 2.90. The van der Waals surface area contributed by atoms with E-state index in [4.69, 9.17) is 27.3 Å². The van der Waals surface area contributed by atoms with Gasteiger partial charge in [0.1, 0.15) is 5.75 Å². The van der Waals surface area contributed by atoms with Gasteiger partial charge >= 0.3 is 0 Å². The van der Waals surface area contributed by atoms with Crippen LogP contribution in [0.4, 0.5) is 17.1 Å². The molecule has 0 fully saturated rings. The molecule has 4 nitrogen and oxygen atoms in total. The number of halogens is 1. The van der Waals surface area contributed by atoms with Crippen molar-refractivity contribution in [3.8, 4) is 11.8 Å². The van der Waals surface area contributed by atoms with Crippen molar-refractivity contribution in [1.29, 1.82) is 5.26 Å². The smallest absolute Gasteiger partial charge is 0.139 e. The number of nitrogens with zero attached hydrogens (tertiary/aromatic N) is 1. The summed E-state index contributed by atoms with van der Waals surface area (Å²) in [7, 11) is 1.55. The van der Waals surface area contributed by atoms with Gasteiger partial charge in [-0.25, -0.2) is 0 Å². The quantitative estimate of drug-likeness (QED) is 0.839. The first-order valence-corrected chi connectivity index (χ1v) is 5.92. The van der Waals surface area contributed by atoms with E-state index in [0.717, 1.165) is 5.69 Å². The van der Waals surface area contributed by atoms with Crippen molar-refractivity contribution in [2.24, 2.45) is 0 Å². The normalized spacial score (nSPS) is 9.74. The lowest BCUT2D eigenvalue weighted by molar-refractivity contribution is 0.415. The number of ether oxygens (including phenoxy) is 1. The number of rotatable bonds is 3. The number of hydrogen-bond acceptors (Lipinski definition) is 4. The Kier molecular flexibility index (Phi) is 3.79. The van der Waals surface area contributed by atoms with Gasteiger partial charge in [-0.2, -0.15) is 5.26 Å². The predicted octanol–water partition coefficient (Wildman–Crippen LogP) is 3.55. The number of hydrogen-bond donors (Lipinski definition) is 2. The molecule has 0 spiro atoms. The average molecular weight is 274 g/mol. The van der Waals surface area contributed by atoms with Crippen molar-refractivity contribution < 1.29 is 4.74 Å². The fraction of sp³-hybridized carbons (Fsp3) is 0.0714. The van der Waals surface area contributed by atoms with Crippen LogP contribution in [0.5, 0.6) is 5.75 Å². The second-order valence-corrected chi connectivity index (χ2v) is 4.30. The minimum Gasteiger partial charge on any atom is -0.495 e. The van der Waals surface area contributed by atoms with Crippen molar-refractivity contribution in [3.05, 3.63) is 47.0 Å². The monoisotopic (exact) mass is 273 g/mol. The van der Waals surface area contributed by atoms with Gasteiger partial charge in [0.05, 0.1) is 35.1 Å². The first-order valence-electron chi connectivity index (χ1n) is 5.54. The van der Waals surface area contributed by atoms with Crippen LogP contribution in [0, 0.1) is 11.3 Å². The molecule has 0 saturated heterocycles. The van der Waals surface area contributed by atoms with Crippen molar-refractivity contribution in [1.82, 2.24) is 0 Å². The molecular weight excluding hydrogens is 262 g/mol. The highest BCUT2D eigenvalue weighted by molar-refractivity contribution is 6.32. The van der Waals surface area contributed by atoms with Crippen LogP contribution >= 0.6 is 11.6 Å². The van der Waals surface area contributed by atoms with E-state index in [2.05, 4.69) is 11.4 Å². The predicted molar refractivity (Wildman–Crippen MR) is 76.9 cm³/mol. The molecule has 0 bridgehead atoms. The molecule has 2 aromatic rings. The summed E-state index contributed by atoms with van der Waals surface area (Å²) in [6, 6.07) is 12.4. The number of benzene rings is 2. The van der Waals surface area contributed by atoms with Gasteiger partial charge in [-0.3, -0.25) is 0 Å². The summed E-state index contributed by atoms with van der Waals surface area (Å²) in [5, 5.41) is 12.5. The molecule has 5 heteroatoms. The zero-order valence-electron chi connectivity index (χ0n) is 10.3. The van der Waals surface area contributed by atoms with E-state index in [9.17, 15) is 0 Å². The second-order valence-electron chi connectivity index (χ2n) is 3.89. The van der Waals surface area contributed by atoms with E-state index in [1.165, 1.54) is 0 Å². The number of methoxy groups -OCH3 is 1. The molecule has 96 valence electrons. The van der Waals surface area contributed by atoms with Gasteiger partial charge in [0.15, 0.2) is 0 Å². The Morgan fingerprint density at radius 3 is 2.74 bits per heavy atom. The van der Waals surface area contributed by atoms with Gasteiger partial charge in [-0.05, 0) is 30.3 Å². The molecule has 0 atom stereocenters. The Morgan fingerprint density at radius 2 is 2.05 bits per heavy atom. The summed E-state index contributed by atoms with van der Waals surface area (Å²) in [6.45, 7) is 0.